The molecule has 6 N–H and O–H groups in total. The van der Waals surface area contributed by atoms with Crippen molar-refractivity contribution in [1.29, 1.82) is 0 Å². The molecule has 2 amide bonds. The van der Waals surface area contributed by atoms with E-state index in [-0.39, 0.29) is 55.5 Å². The molecule has 3 saturated heterocycles. The zero-order valence-electron chi connectivity index (χ0n) is 35.9. The van der Waals surface area contributed by atoms with Crippen LogP contribution in [-0.2, 0) is 33.3 Å². The zero-order chi connectivity index (χ0) is 42.7. The maximum Gasteiger partial charge on any atom is 0.407 e. The summed E-state index contributed by atoms with van der Waals surface area (Å²) in [6.45, 7) is 9.20. The number of rotatable bonds is 17. The largest absolute Gasteiger partial charge is 0.455 e. The smallest absolute Gasteiger partial charge is 0.407 e. The molecule has 4 aliphatic heterocycles. The lowest BCUT2D eigenvalue weighted by atomic mass is 9.42. The van der Waals surface area contributed by atoms with E-state index in [0.29, 0.717) is 80.3 Å². The van der Waals surface area contributed by atoms with E-state index in [2.05, 4.69) is 16.0 Å². The summed E-state index contributed by atoms with van der Waals surface area (Å²) < 4.78 is 23.4. The van der Waals surface area contributed by atoms with Crippen molar-refractivity contribution >= 4 is 35.5 Å². The van der Waals surface area contributed by atoms with Gasteiger partial charge in [0.25, 0.3) is 0 Å². The highest BCUT2D eigenvalue weighted by Gasteiger charge is 2.82. The van der Waals surface area contributed by atoms with Crippen molar-refractivity contribution in [2.24, 2.45) is 28.6 Å². The van der Waals surface area contributed by atoms with Gasteiger partial charge in [0.1, 0.15) is 29.5 Å². The minimum atomic E-state index is -1.97. The molecule has 0 aromatic carbocycles. The van der Waals surface area contributed by atoms with Crippen LogP contribution in [0.1, 0.15) is 118 Å². The van der Waals surface area contributed by atoms with Gasteiger partial charge < -0.3 is 44.9 Å². The van der Waals surface area contributed by atoms with E-state index >= 15 is 0 Å². The van der Waals surface area contributed by atoms with Gasteiger partial charge >= 0.3 is 12.1 Å². The third kappa shape index (κ3) is 7.08. The Labute approximate surface area is 358 Å². The fourth-order valence-corrected chi connectivity index (χ4v) is 14.7. The first kappa shape index (κ1) is 44.1. The number of carbonyl (C=O) groups is 4. The van der Waals surface area contributed by atoms with Crippen molar-refractivity contribution in [3.63, 3.8) is 0 Å². The first-order valence-corrected chi connectivity index (χ1v) is 23.6. The van der Waals surface area contributed by atoms with Crippen molar-refractivity contribution in [1.82, 2.24) is 16.0 Å². The predicted octanol–water partition coefficient (Wildman–Crippen LogP) is 3.99. The van der Waals surface area contributed by atoms with Gasteiger partial charge in [0.05, 0.1) is 23.9 Å². The molecule has 0 aromatic heterocycles. The predicted molar refractivity (Wildman–Crippen MR) is 223 cm³/mol. The molecule has 15 heteroatoms. The molecule has 60 heavy (non-hydrogen) atoms. The number of esters is 1. The number of thioether (sulfide) groups is 1. The number of unbranched alkanes of at least 4 members (excludes halogenated alkanes) is 3. The van der Waals surface area contributed by atoms with Crippen molar-refractivity contribution < 1.29 is 53.4 Å². The zero-order valence-corrected chi connectivity index (χ0v) is 36.7. The fraction of sp³-hybridized carbons (Fsp3) is 0.822. The molecule has 8 rings (SSSR count). The molecule has 4 heterocycles. The molecular weight excluding hydrogens is 791 g/mol. The van der Waals surface area contributed by atoms with E-state index < -0.39 is 51.4 Å². The van der Waals surface area contributed by atoms with E-state index in [1.807, 2.05) is 31.7 Å². The van der Waals surface area contributed by atoms with Crippen molar-refractivity contribution in [3.05, 3.63) is 23.3 Å². The molecule has 3 unspecified atom stereocenters. The van der Waals surface area contributed by atoms with Crippen LogP contribution in [-0.4, -0.2) is 124 Å². The summed E-state index contributed by atoms with van der Waals surface area (Å²) in [6.07, 6.45) is 10.7. The number of alkyl carbamates (subject to hydrolysis) is 1. The molecule has 4 aliphatic carbocycles. The monoisotopic (exact) mass is 857 g/mol. The van der Waals surface area contributed by atoms with Crippen LogP contribution in [0, 0.1) is 28.6 Å². The number of hydrogen-bond acceptors (Lipinski definition) is 13. The van der Waals surface area contributed by atoms with Crippen LogP contribution in [0.3, 0.4) is 0 Å². The first-order valence-electron chi connectivity index (χ1n) is 22.6. The fourth-order valence-electron chi connectivity index (χ4n) is 13.0. The van der Waals surface area contributed by atoms with Crippen molar-refractivity contribution in [2.45, 2.75) is 163 Å². The number of fused-ring (bicyclic) bond motifs is 5. The Bertz CT molecular complexity index is 1770. The topological polar surface area (TPSA) is 205 Å². The lowest BCUT2D eigenvalue weighted by Crippen LogP contribution is -2.73. The van der Waals surface area contributed by atoms with Gasteiger partial charge in [-0.25, -0.2) is 9.59 Å². The van der Waals surface area contributed by atoms with E-state index in [1.165, 1.54) is 6.92 Å². The highest BCUT2D eigenvalue weighted by Crippen LogP contribution is 2.75. The maximum absolute atomic E-state index is 13.5. The third-order valence-corrected chi connectivity index (χ3v) is 18.6. The average Bonchev–Trinajstić information content (AvgIpc) is 3.50. The Hall–Kier alpha value is -2.53. The van der Waals surface area contributed by atoms with Crippen LogP contribution < -0.4 is 16.0 Å². The summed E-state index contributed by atoms with van der Waals surface area (Å²) in [5.74, 6) is 0.712. The Morgan fingerprint density at radius 1 is 1.05 bits per heavy atom. The number of epoxide rings is 1. The first-order chi connectivity index (χ1) is 28.5. The molecule has 3 saturated carbocycles. The van der Waals surface area contributed by atoms with Crippen LogP contribution in [0.25, 0.3) is 0 Å². The normalized spacial score (nSPS) is 42.3. The molecule has 13 atom stereocenters. The summed E-state index contributed by atoms with van der Waals surface area (Å²) in [5.41, 5.74) is -6.89. The highest BCUT2D eigenvalue weighted by atomic mass is 32.2. The molecule has 8 aliphatic rings. The van der Waals surface area contributed by atoms with Gasteiger partial charge in [-0.2, -0.15) is 11.8 Å². The highest BCUT2D eigenvalue weighted by molar-refractivity contribution is 8.00. The summed E-state index contributed by atoms with van der Waals surface area (Å²) >= 11 is 2.00. The number of ketones is 1. The third-order valence-electron chi connectivity index (χ3n) is 17.0. The van der Waals surface area contributed by atoms with Gasteiger partial charge in [0, 0.05) is 48.3 Å². The number of amides is 2. The number of aliphatic hydroxyl groups is 3. The Balaban J connectivity index is 0.748. The summed E-state index contributed by atoms with van der Waals surface area (Å²) in [4.78, 5) is 51.1. The van der Waals surface area contributed by atoms with Gasteiger partial charge in [-0.15, -0.1) is 0 Å². The van der Waals surface area contributed by atoms with Gasteiger partial charge in [0.2, 0.25) is 5.91 Å². The average molecular weight is 858 g/mol. The van der Waals surface area contributed by atoms with Gasteiger partial charge in [-0.1, -0.05) is 19.4 Å². The van der Waals surface area contributed by atoms with Crippen LogP contribution in [0.5, 0.6) is 0 Å². The maximum atomic E-state index is 13.5. The van der Waals surface area contributed by atoms with E-state index in [1.54, 1.807) is 13.0 Å². The van der Waals surface area contributed by atoms with Crippen LogP contribution in [0.2, 0.25) is 0 Å². The second-order valence-electron chi connectivity index (χ2n) is 19.8. The van der Waals surface area contributed by atoms with Crippen LogP contribution in [0.4, 0.5) is 4.79 Å². The molecule has 14 nitrogen and oxygen atoms in total. The van der Waals surface area contributed by atoms with Gasteiger partial charge in [-0.05, 0) is 133 Å². The quantitative estimate of drug-likeness (QED) is 0.0531. The molecule has 1 spiro atoms. The standard InChI is InChI=1S/C45H67N3O11S/c1-27-28(24-57-39(52)47-19-8-5-7-18-46-26-56-20-9-6-11-32-37-29(25-60-32)22-36(50)48-37)21-34(58-38(27)51)42(4,53)45(55)17-16-43(54)31-23-35-44(59-35)14-10-12-33(49)41(44,3)30(31)13-15-40(43,45)2/h10,12,29-32,34-35,37,46,53-55H,5-9,11,13-26H2,1-4H3,(H,47,52)(H,48,50)/t29?,30-,31+,32?,34+,35+,37?,40-,41-,42-,43+,44+,45-/m0/s1. The van der Waals surface area contributed by atoms with E-state index in [4.69, 9.17) is 18.9 Å². The Morgan fingerprint density at radius 3 is 2.67 bits per heavy atom. The van der Waals surface area contributed by atoms with E-state index in [9.17, 15) is 34.5 Å². The minimum absolute atomic E-state index is 0.0287. The molecule has 0 bridgehead atoms. The summed E-state index contributed by atoms with van der Waals surface area (Å²) in [7, 11) is 0. The van der Waals surface area contributed by atoms with Crippen molar-refractivity contribution in [3.8, 4) is 0 Å². The second kappa shape index (κ2) is 16.5. The Morgan fingerprint density at radius 2 is 1.85 bits per heavy atom. The number of hydrogen-bond donors (Lipinski definition) is 6. The van der Waals surface area contributed by atoms with Crippen LogP contribution >= 0.6 is 11.8 Å². The van der Waals surface area contributed by atoms with Crippen LogP contribution in [0.15, 0.2) is 23.3 Å². The SMILES string of the molecule is CC1=C(COC(=O)NCCCCCNCOCCCCC2SCC3CC(=O)NC32)C[C@H]([C@](C)(O)[C@]2(O)CC[C@@]3(O)[C@@H]4C[C@H]5O[C@]56CC=CC(=O)[C@]6(C)[C@H]4CC[C@]23C)OC1=O. The molecule has 334 valence electrons. The lowest BCUT2D eigenvalue weighted by Gasteiger charge is -2.63. The molecule has 0 radical (unpaired) electrons. The summed E-state index contributed by atoms with van der Waals surface area (Å²) in [5, 5.41) is 47.6. The molecule has 0 aromatic rings. The number of nitrogens with one attached hydrogen (secondary N) is 3. The molecule has 6 fully saturated rings. The van der Waals surface area contributed by atoms with E-state index in [0.717, 1.165) is 50.8 Å². The number of ether oxygens (including phenoxy) is 4. The van der Waals surface area contributed by atoms with Crippen molar-refractivity contribution in [2.75, 3.05) is 38.8 Å². The minimum Gasteiger partial charge on any atom is -0.455 e. The number of cyclic esters (lactones) is 1. The molecular formula is C45H67N3O11S. The lowest BCUT2D eigenvalue weighted by molar-refractivity contribution is -0.282. The number of allylic oxidation sites excluding steroid dienone is 1. The number of carbonyl (C=O) groups excluding carboxylic acids is 4. The Kier molecular flexibility index (Phi) is 12.2. The second-order valence-corrected chi connectivity index (χ2v) is 21.1. The summed E-state index contributed by atoms with van der Waals surface area (Å²) in [6, 6.07) is 0.357. The van der Waals surface area contributed by atoms with Gasteiger partial charge in [-0.3, -0.25) is 14.9 Å². The van der Waals surface area contributed by atoms with Gasteiger partial charge in [0.15, 0.2) is 5.78 Å².